The second-order valence-corrected chi connectivity index (χ2v) is 8.35. The average molecular weight is 388 g/mol. The SMILES string of the molecule is CC(Sc1n[nH]c(Cc2cccs2)n1)C(=O)Nc1ccc(N(C)C)cc1. The summed E-state index contributed by atoms with van der Waals surface area (Å²) in [4.78, 5) is 20.1. The number of benzene rings is 1. The molecular formula is C18H21N5OS2. The van der Waals surface area contributed by atoms with Crippen molar-refractivity contribution in [2.75, 3.05) is 24.3 Å². The number of nitrogens with one attached hydrogen (secondary N) is 2. The molecule has 136 valence electrons. The Balaban J connectivity index is 1.54. The Labute approximate surface area is 161 Å². The van der Waals surface area contributed by atoms with Gasteiger partial charge < -0.3 is 10.2 Å². The normalized spacial score (nSPS) is 12.0. The lowest BCUT2D eigenvalue weighted by Gasteiger charge is -2.14. The Morgan fingerprint density at radius 3 is 2.73 bits per heavy atom. The summed E-state index contributed by atoms with van der Waals surface area (Å²) >= 11 is 3.03. The van der Waals surface area contributed by atoms with E-state index in [2.05, 4.69) is 26.6 Å². The maximum Gasteiger partial charge on any atom is 0.237 e. The zero-order chi connectivity index (χ0) is 18.5. The number of H-pyrrole nitrogens is 1. The van der Waals surface area contributed by atoms with E-state index in [1.54, 1.807) is 11.3 Å². The van der Waals surface area contributed by atoms with E-state index in [0.717, 1.165) is 23.6 Å². The fraction of sp³-hybridized carbons (Fsp3) is 0.278. The molecule has 2 N–H and O–H groups in total. The van der Waals surface area contributed by atoms with Crippen molar-refractivity contribution in [2.24, 2.45) is 0 Å². The molecule has 0 saturated carbocycles. The molecule has 1 amide bonds. The molecule has 8 heteroatoms. The van der Waals surface area contributed by atoms with Crippen LogP contribution in [0.15, 0.2) is 46.9 Å². The number of aromatic nitrogens is 3. The van der Waals surface area contributed by atoms with Crippen molar-refractivity contribution >= 4 is 40.4 Å². The second kappa shape index (κ2) is 8.37. The van der Waals surface area contributed by atoms with Crippen LogP contribution in [-0.2, 0) is 11.2 Å². The summed E-state index contributed by atoms with van der Waals surface area (Å²) in [7, 11) is 3.96. The highest BCUT2D eigenvalue weighted by Crippen LogP contribution is 2.22. The molecule has 2 heterocycles. The van der Waals surface area contributed by atoms with Gasteiger partial charge in [0.1, 0.15) is 5.82 Å². The van der Waals surface area contributed by atoms with Crippen LogP contribution < -0.4 is 10.2 Å². The fourth-order valence-electron chi connectivity index (χ4n) is 2.29. The molecule has 6 nitrogen and oxygen atoms in total. The largest absolute Gasteiger partial charge is 0.378 e. The summed E-state index contributed by atoms with van der Waals surface area (Å²) in [5.41, 5.74) is 1.87. The van der Waals surface area contributed by atoms with Gasteiger partial charge in [-0.1, -0.05) is 17.8 Å². The highest BCUT2D eigenvalue weighted by molar-refractivity contribution is 8.00. The second-order valence-electron chi connectivity index (χ2n) is 6.01. The van der Waals surface area contributed by atoms with Crippen LogP contribution in [-0.4, -0.2) is 40.4 Å². The van der Waals surface area contributed by atoms with E-state index in [9.17, 15) is 4.79 Å². The van der Waals surface area contributed by atoms with Crippen LogP contribution in [0.5, 0.6) is 0 Å². The number of aromatic amines is 1. The lowest BCUT2D eigenvalue weighted by molar-refractivity contribution is -0.115. The third kappa shape index (κ3) is 4.86. The Kier molecular flexibility index (Phi) is 5.95. The van der Waals surface area contributed by atoms with Gasteiger partial charge in [-0.25, -0.2) is 4.98 Å². The standard InChI is InChI=1S/C18H21N5OS2/c1-12(17(24)19-13-6-8-14(9-7-13)23(2)3)26-18-20-16(21-22-18)11-15-5-4-10-25-15/h4-10,12H,11H2,1-3H3,(H,19,24)(H,20,21,22). The van der Waals surface area contributed by atoms with Gasteiger partial charge >= 0.3 is 0 Å². The third-order valence-electron chi connectivity index (χ3n) is 3.74. The van der Waals surface area contributed by atoms with Gasteiger partial charge in [0.25, 0.3) is 0 Å². The number of carbonyl (C=O) groups excluding carboxylic acids is 1. The van der Waals surface area contributed by atoms with Gasteiger partial charge in [0.15, 0.2) is 0 Å². The number of carbonyl (C=O) groups is 1. The molecule has 2 aromatic heterocycles. The van der Waals surface area contributed by atoms with Crippen LogP contribution in [0.3, 0.4) is 0 Å². The van der Waals surface area contributed by atoms with E-state index in [0.29, 0.717) is 5.16 Å². The van der Waals surface area contributed by atoms with Crippen molar-refractivity contribution in [1.29, 1.82) is 0 Å². The molecule has 0 saturated heterocycles. The summed E-state index contributed by atoms with van der Waals surface area (Å²) in [5, 5.41) is 12.4. The molecule has 0 aliphatic rings. The van der Waals surface area contributed by atoms with E-state index in [4.69, 9.17) is 0 Å². The first-order valence-electron chi connectivity index (χ1n) is 8.20. The smallest absolute Gasteiger partial charge is 0.237 e. The Morgan fingerprint density at radius 1 is 1.31 bits per heavy atom. The molecular weight excluding hydrogens is 366 g/mol. The maximum absolute atomic E-state index is 12.4. The minimum Gasteiger partial charge on any atom is -0.378 e. The Hall–Kier alpha value is -2.32. The van der Waals surface area contributed by atoms with Crippen LogP contribution >= 0.6 is 23.1 Å². The first-order chi connectivity index (χ1) is 12.5. The number of thiophene rings is 1. The zero-order valence-corrected chi connectivity index (χ0v) is 16.5. The molecule has 0 fully saturated rings. The molecule has 0 radical (unpaired) electrons. The monoisotopic (exact) mass is 387 g/mol. The average Bonchev–Trinajstić information content (AvgIpc) is 3.28. The minimum absolute atomic E-state index is 0.0720. The predicted molar refractivity (Wildman–Crippen MR) is 108 cm³/mol. The summed E-state index contributed by atoms with van der Waals surface area (Å²) in [5.74, 6) is 0.735. The van der Waals surface area contributed by atoms with Gasteiger partial charge in [-0.05, 0) is 42.6 Å². The van der Waals surface area contributed by atoms with E-state index in [-0.39, 0.29) is 11.2 Å². The van der Waals surface area contributed by atoms with Crippen molar-refractivity contribution in [3.05, 3.63) is 52.5 Å². The molecule has 0 aliphatic carbocycles. The number of rotatable bonds is 7. The number of anilines is 2. The topological polar surface area (TPSA) is 73.9 Å². The van der Waals surface area contributed by atoms with Gasteiger partial charge in [-0.2, -0.15) is 0 Å². The van der Waals surface area contributed by atoms with Gasteiger partial charge in [0.05, 0.1) is 5.25 Å². The van der Waals surface area contributed by atoms with E-state index >= 15 is 0 Å². The number of amides is 1. The maximum atomic E-state index is 12.4. The Morgan fingerprint density at radius 2 is 2.08 bits per heavy atom. The molecule has 3 rings (SSSR count). The van der Waals surface area contributed by atoms with Crippen molar-refractivity contribution in [3.63, 3.8) is 0 Å². The van der Waals surface area contributed by atoms with E-state index in [1.807, 2.05) is 61.6 Å². The van der Waals surface area contributed by atoms with Crippen molar-refractivity contribution in [1.82, 2.24) is 15.2 Å². The Bertz CT molecular complexity index is 843. The lowest BCUT2D eigenvalue weighted by Crippen LogP contribution is -2.22. The molecule has 3 aromatic rings. The fourth-order valence-corrected chi connectivity index (χ4v) is 3.74. The summed E-state index contributed by atoms with van der Waals surface area (Å²) < 4.78 is 0. The highest BCUT2D eigenvalue weighted by Gasteiger charge is 2.17. The first kappa shape index (κ1) is 18.5. The van der Waals surface area contributed by atoms with Gasteiger partial charge in [-0.3, -0.25) is 9.89 Å². The third-order valence-corrected chi connectivity index (χ3v) is 5.57. The molecule has 0 spiro atoms. The number of hydrogen-bond donors (Lipinski definition) is 2. The first-order valence-corrected chi connectivity index (χ1v) is 9.96. The molecule has 0 bridgehead atoms. The van der Waals surface area contributed by atoms with Crippen LogP contribution in [0, 0.1) is 0 Å². The highest BCUT2D eigenvalue weighted by atomic mass is 32.2. The summed E-state index contributed by atoms with van der Waals surface area (Å²) in [6.45, 7) is 1.85. The van der Waals surface area contributed by atoms with Crippen LogP contribution in [0.2, 0.25) is 0 Å². The molecule has 1 aromatic carbocycles. The van der Waals surface area contributed by atoms with E-state index in [1.165, 1.54) is 16.6 Å². The van der Waals surface area contributed by atoms with Crippen LogP contribution in [0.1, 0.15) is 17.6 Å². The summed E-state index contributed by atoms with van der Waals surface area (Å²) in [6, 6.07) is 11.8. The predicted octanol–water partition coefficient (Wildman–Crippen LogP) is 3.64. The van der Waals surface area contributed by atoms with Crippen molar-refractivity contribution < 1.29 is 4.79 Å². The lowest BCUT2D eigenvalue weighted by atomic mass is 10.2. The van der Waals surface area contributed by atoms with Gasteiger partial charge in [-0.15, -0.1) is 16.4 Å². The zero-order valence-electron chi connectivity index (χ0n) is 14.9. The van der Waals surface area contributed by atoms with Crippen molar-refractivity contribution in [3.8, 4) is 0 Å². The summed E-state index contributed by atoms with van der Waals surface area (Å²) in [6.07, 6.45) is 0.726. The number of nitrogens with zero attached hydrogens (tertiary/aromatic N) is 3. The molecule has 1 atom stereocenters. The number of thioether (sulfide) groups is 1. The quantitative estimate of drug-likeness (QED) is 0.606. The van der Waals surface area contributed by atoms with Crippen molar-refractivity contribution in [2.45, 2.75) is 23.8 Å². The van der Waals surface area contributed by atoms with Gasteiger partial charge in [0, 0.05) is 36.8 Å². The molecule has 1 unspecified atom stereocenters. The molecule has 0 aliphatic heterocycles. The van der Waals surface area contributed by atoms with Gasteiger partial charge in [0.2, 0.25) is 11.1 Å². The van der Waals surface area contributed by atoms with Crippen LogP contribution in [0.4, 0.5) is 11.4 Å². The minimum atomic E-state index is -0.297. The van der Waals surface area contributed by atoms with E-state index < -0.39 is 0 Å². The molecule has 26 heavy (non-hydrogen) atoms. The van der Waals surface area contributed by atoms with Crippen LogP contribution in [0.25, 0.3) is 0 Å². The number of hydrogen-bond acceptors (Lipinski definition) is 6.